The minimum atomic E-state index is 0.305. The predicted molar refractivity (Wildman–Crippen MR) is 107 cm³/mol. The maximum absolute atomic E-state index is 4.77. The number of pyridine rings is 3. The van der Waals surface area contributed by atoms with E-state index in [4.69, 9.17) is 9.97 Å². The Morgan fingerprint density at radius 3 is 1.89 bits per heavy atom. The first kappa shape index (κ1) is 17.8. The van der Waals surface area contributed by atoms with Crippen LogP contribution in [0.2, 0.25) is 0 Å². The maximum Gasteiger partial charge on any atom is 0.0604 e. The van der Waals surface area contributed by atoms with Crippen LogP contribution in [0.1, 0.15) is 59.4 Å². The van der Waals surface area contributed by atoms with Crippen LogP contribution in [0, 0.1) is 13.8 Å². The summed E-state index contributed by atoms with van der Waals surface area (Å²) in [6.45, 7) is 5.22. The summed E-state index contributed by atoms with van der Waals surface area (Å²) in [6.07, 6.45) is 11.0. The lowest BCUT2D eigenvalue weighted by atomic mass is 9.88. The standard InChI is InChI=1S/C23H26N4/c1-17-6-4-12-25-22(17)20-8-3-9-21(23-18(2)7-5-13-26-23)27(20)16-19-10-14-24-15-11-19/h4-7,10-15,20-21H,3,8-9,16H2,1-2H3/t20-,21+. The number of piperidine rings is 1. The number of aromatic nitrogens is 3. The van der Waals surface area contributed by atoms with Crippen LogP contribution in [-0.4, -0.2) is 19.9 Å². The molecule has 27 heavy (non-hydrogen) atoms. The zero-order chi connectivity index (χ0) is 18.6. The van der Waals surface area contributed by atoms with Gasteiger partial charge in [-0.2, -0.15) is 0 Å². The Bertz CT molecular complexity index is 840. The van der Waals surface area contributed by atoms with Crippen LogP contribution in [-0.2, 0) is 6.54 Å². The third-order valence-electron chi connectivity index (χ3n) is 5.60. The van der Waals surface area contributed by atoms with Gasteiger partial charge in [-0.05, 0) is 74.1 Å². The molecule has 0 radical (unpaired) electrons. The van der Waals surface area contributed by atoms with Crippen LogP contribution >= 0.6 is 0 Å². The van der Waals surface area contributed by atoms with E-state index in [1.54, 1.807) is 0 Å². The van der Waals surface area contributed by atoms with Crippen molar-refractivity contribution in [3.63, 3.8) is 0 Å². The van der Waals surface area contributed by atoms with Gasteiger partial charge in [0, 0.05) is 31.3 Å². The van der Waals surface area contributed by atoms with Crippen LogP contribution in [0.15, 0.2) is 61.2 Å². The van der Waals surface area contributed by atoms with Crippen LogP contribution in [0.5, 0.6) is 0 Å². The molecule has 1 aliphatic heterocycles. The Morgan fingerprint density at radius 1 is 0.815 bits per heavy atom. The molecule has 4 heterocycles. The Hall–Kier alpha value is -2.59. The Kier molecular flexibility index (Phi) is 5.26. The van der Waals surface area contributed by atoms with Crippen molar-refractivity contribution in [1.29, 1.82) is 0 Å². The summed E-state index contributed by atoms with van der Waals surface area (Å²) in [5.74, 6) is 0. The predicted octanol–water partition coefficient (Wildman–Crippen LogP) is 4.96. The first-order chi connectivity index (χ1) is 13.2. The fraction of sp³-hybridized carbons (Fsp3) is 0.348. The summed E-state index contributed by atoms with van der Waals surface area (Å²) in [6, 6.07) is 13.2. The number of rotatable bonds is 4. The molecule has 1 saturated heterocycles. The number of aryl methyl sites for hydroxylation is 2. The van der Waals surface area contributed by atoms with Gasteiger partial charge in [-0.15, -0.1) is 0 Å². The van der Waals surface area contributed by atoms with Gasteiger partial charge in [-0.1, -0.05) is 12.1 Å². The van der Waals surface area contributed by atoms with Crippen molar-refractivity contribution in [3.05, 3.63) is 89.3 Å². The Balaban J connectivity index is 1.76. The van der Waals surface area contributed by atoms with Crippen LogP contribution in [0.4, 0.5) is 0 Å². The molecule has 1 aliphatic rings. The summed E-state index contributed by atoms with van der Waals surface area (Å²) in [5.41, 5.74) is 6.21. The third kappa shape index (κ3) is 3.76. The molecule has 4 rings (SSSR count). The number of likely N-dealkylation sites (tertiary alicyclic amines) is 1. The van der Waals surface area contributed by atoms with Gasteiger partial charge >= 0.3 is 0 Å². The summed E-state index contributed by atoms with van der Waals surface area (Å²) in [5, 5.41) is 0. The van der Waals surface area contributed by atoms with E-state index >= 15 is 0 Å². The minimum Gasteiger partial charge on any atom is -0.282 e. The SMILES string of the molecule is Cc1cccnc1[C@H]1CCC[C@@H](c2ncccc2C)N1Cc1ccncc1. The molecule has 0 N–H and O–H groups in total. The summed E-state index contributed by atoms with van der Waals surface area (Å²) >= 11 is 0. The number of nitrogens with zero attached hydrogens (tertiary/aromatic N) is 4. The quantitative estimate of drug-likeness (QED) is 0.661. The van der Waals surface area contributed by atoms with Gasteiger partial charge in [0.1, 0.15) is 0 Å². The van der Waals surface area contributed by atoms with Gasteiger partial charge in [0.15, 0.2) is 0 Å². The highest BCUT2D eigenvalue weighted by Gasteiger charge is 2.35. The van der Waals surface area contributed by atoms with Gasteiger partial charge in [0.2, 0.25) is 0 Å². The van der Waals surface area contributed by atoms with E-state index in [-0.39, 0.29) is 0 Å². The monoisotopic (exact) mass is 358 g/mol. The van der Waals surface area contributed by atoms with E-state index in [0.717, 1.165) is 19.4 Å². The van der Waals surface area contributed by atoms with Crippen molar-refractivity contribution in [2.45, 2.75) is 51.7 Å². The second kappa shape index (κ2) is 7.97. The van der Waals surface area contributed by atoms with Crippen molar-refractivity contribution < 1.29 is 0 Å². The highest BCUT2D eigenvalue weighted by molar-refractivity contribution is 5.26. The van der Waals surface area contributed by atoms with E-state index in [1.165, 1.54) is 34.5 Å². The van der Waals surface area contributed by atoms with Crippen LogP contribution < -0.4 is 0 Å². The number of hydrogen-bond acceptors (Lipinski definition) is 4. The molecule has 0 unspecified atom stereocenters. The second-order valence-corrected chi connectivity index (χ2v) is 7.40. The number of hydrogen-bond donors (Lipinski definition) is 0. The lowest BCUT2D eigenvalue weighted by Crippen LogP contribution is -2.37. The molecule has 0 aromatic carbocycles. The zero-order valence-corrected chi connectivity index (χ0v) is 16.0. The maximum atomic E-state index is 4.77. The second-order valence-electron chi connectivity index (χ2n) is 7.40. The molecule has 1 fully saturated rings. The lowest BCUT2D eigenvalue weighted by Gasteiger charge is -2.42. The van der Waals surface area contributed by atoms with Crippen LogP contribution in [0.3, 0.4) is 0 Å². The summed E-state index contributed by atoms with van der Waals surface area (Å²) in [7, 11) is 0. The van der Waals surface area contributed by atoms with Gasteiger partial charge in [-0.3, -0.25) is 19.9 Å². The van der Waals surface area contributed by atoms with E-state index < -0.39 is 0 Å². The summed E-state index contributed by atoms with van der Waals surface area (Å²) in [4.78, 5) is 16.3. The summed E-state index contributed by atoms with van der Waals surface area (Å²) < 4.78 is 0. The van der Waals surface area contributed by atoms with Crippen molar-refractivity contribution in [2.75, 3.05) is 0 Å². The molecule has 3 aromatic heterocycles. The molecule has 4 nitrogen and oxygen atoms in total. The molecule has 0 saturated carbocycles. The van der Waals surface area contributed by atoms with E-state index in [2.05, 4.69) is 48.0 Å². The van der Waals surface area contributed by atoms with Crippen LogP contribution in [0.25, 0.3) is 0 Å². The van der Waals surface area contributed by atoms with Crippen molar-refractivity contribution >= 4 is 0 Å². The smallest absolute Gasteiger partial charge is 0.0604 e. The Morgan fingerprint density at radius 2 is 1.37 bits per heavy atom. The lowest BCUT2D eigenvalue weighted by molar-refractivity contribution is 0.0678. The average Bonchev–Trinajstić information content (AvgIpc) is 2.70. The molecule has 3 aromatic rings. The third-order valence-corrected chi connectivity index (χ3v) is 5.60. The highest BCUT2D eigenvalue weighted by atomic mass is 15.2. The molecule has 0 spiro atoms. The largest absolute Gasteiger partial charge is 0.282 e. The van der Waals surface area contributed by atoms with Crippen molar-refractivity contribution in [3.8, 4) is 0 Å². The Labute approximate surface area is 161 Å². The van der Waals surface area contributed by atoms with E-state index in [1.807, 2.05) is 36.9 Å². The zero-order valence-electron chi connectivity index (χ0n) is 16.0. The molecule has 0 bridgehead atoms. The average molecular weight is 358 g/mol. The van der Waals surface area contributed by atoms with E-state index in [9.17, 15) is 0 Å². The van der Waals surface area contributed by atoms with Gasteiger partial charge in [0.25, 0.3) is 0 Å². The van der Waals surface area contributed by atoms with Gasteiger partial charge in [-0.25, -0.2) is 0 Å². The van der Waals surface area contributed by atoms with Crippen molar-refractivity contribution in [2.24, 2.45) is 0 Å². The van der Waals surface area contributed by atoms with Gasteiger partial charge < -0.3 is 0 Å². The minimum absolute atomic E-state index is 0.305. The first-order valence-corrected chi connectivity index (χ1v) is 9.71. The topological polar surface area (TPSA) is 41.9 Å². The van der Waals surface area contributed by atoms with E-state index in [0.29, 0.717) is 12.1 Å². The fourth-order valence-corrected chi connectivity index (χ4v) is 4.25. The molecular weight excluding hydrogens is 332 g/mol. The van der Waals surface area contributed by atoms with Gasteiger partial charge in [0.05, 0.1) is 23.5 Å². The molecule has 0 aliphatic carbocycles. The normalized spacial score (nSPS) is 20.5. The molecule has 138 valence electrons. The molecule has 0 amide bonds. The molecular formula is C23H26N4. The first-order valence-electron chi connectivity index (χ1n) is 9.71. The molecule has 4 heteroatoms. The van der Waals surface area contributed by atoms with Crippen molar-refractivity contribution in [1.82, 2.24) is 19.9 Å². The fourth-order valence-electron chi connectivity index (χ4n) is 4.25. The molecule has 2 atom stereocenters. The highest BCUT2D eigenvalue weighted by Crippen LogP contribution is 2.42.